The molecular formula is C18H25N7O. The van der Waals surface area contributed by atoms with Crippen molar-refractivity contribution in [1.82, 2.24) is 14.9 Å². The highest BCUT2D eigenvalue weighted by atomic mass is 16.1. The standard InChI is InChI=1S/C13H19N5.C5H6N2O/c14-11(9-4-2-1-3-5-9)12-10-6-7-16-13(10)17-8-18(12)15;6-1-5-2-7(3-5)4-8/h6-9,16H,1-5,14-15H2;4-5H,2-3H2/b12-11-;. The Morgan fingerprint density at radius 2 is 2.08 bits per heavy atom. The highest BCUT2D eigenvalue weighted by molar-refractivity contribution is 5.86. The van der Waals surface area contributed by atoms with Crippen LogP contribution >= 0.6 is 0 Å². The van der Waals surface area contributed by atoms with Gasteiger partial charge in [-0.05, 0) is 18.9 Å². The van der Waals surface area contributed by atoms with E-state index in [0.717, 1.165) is 29.2 Å². The maximum Gasteiger partial charge on any atom is 0.209 e. The summed E-state index contributed by atoms with van der Waals surface area (Å²) in [4.78, 5) is 18.8. The molecule has 0 aromatic carbocycles. The number of nitrogens with zero attached hydrogens (tertiary/aromatic N) is 4. The summed E-state index contributed by atoms with van der Waals surface area (Å²) in [6.45, 7) is 1.25. The fourth-order valence-corrected chi connectivity index (χ4v) is 3.57. The first-order chi connectivity index (χ1) is 12.6. The van der Waals surface area contributed by atoms with Crippen LogP contribution in [0.3, 0.4) is 0 Å². The normalized spacial score (nSPS) is 21.8. The quantitative estimate of drug-likeness (QED) is 0.549. The fraction of sp³-hybridized carbons (Fsp3) is 0.500. The lowest BCUT2D eigenvalue weighted by molar-refractivity contribution is -0.122. The number of H-pyrrole nitrogens is 1. The molecule has 5 N–H and O–H groups in total. The van der Waals surface area contributed by atoms with Gasteiger partial charge in [-0.25, -0.2) is 10.8 Å². The molecule has 4 rings (SSSR count). The molecule has 0 bridgehead atoms. The molecule has 3 aliphatic rings. The predicted octanol–water partition coefficient (Wildman–Crippen LogP) is 1.67. The average Bonchev–Trinajstić information content (AvgIpc) is 3.10. The van der Waals surface area contributed by atoms with Crippen molar-refractivity contribution >= 4 is 24.3 Å². The summed E-state index contributed by atoms with van der Waals surface area (Å²) < 4.78 is 0. The average molecular weight is 355 g/mol. The molecular weight excluding hydrogens is 330 g/mol. The maximum atomic E-state index is 9.87. The Hall–Kier alpha value is -2.79. The first-order valence-electron chi connectivity index (χ1n) is 8.98. The lowest BCUT2D eigenvalue weighted by Gasteiger charge is -2.31. The third-order valence-electron chi connectivity index (χ3n) is 5.11. The Morgan fingerprint density at radius 3 is 2.73 bits per heavy atom. The second kappa shape index (κ2) is 8.06. The maximum absolute atomic E-state index is 9.87. The van der Waals surface area contributed by atoms with Crippen LogP contribution in [0.5, 0.6) is 0 Å². The molecule has 1 amide bonds. The summed E-state index contributed by atoms with van der Waals surface area (Å²) in [5.74, 6) is 7.38. The van der Waals surface area contributed by atoms with Crippen LogP contribution in [0.15, 0.2) is 23.0 Å². The van der Waals surface area contributed by atoms with E-state index in [2.05, 4.69) is 16.0 Å². The number of fused-ring (bicyclic) bond motifs is 1. The second-order valence-electron chi connectivity index (χ2n) is 6.92. The van der Waals surface area contributed by atoms with Crippen LogP contribution in [-0.4, -0.2) is 40.7 Å². The Morgan fingerprint density at radius 1 is 1.35 bits per heavy atom. The van der Waals surface area contributed by atoms with Crippen LogP contribution in [0.2, 0.25) is 0 Å². The van der Waals surface area contributed by atoms with Gasteiger partial charge in [-0.3, -0.25) is 9.80 Å². The molecule has 8 nitrogen and oxygen atoms in total. The number of hydrogen-bond donors (Lipinski definition) is 3. The van der Waals surface area contributed by atoms with E-state index in [4.69, 9.17) is 16.8 Å². The summed E-state index contributed by atoms with van der Waals surface area (Å²) in [5.41, 5.74) is 9.19. The summed E-state index contributed by atoms with van der Waals surface area (Å²) in [7, 11) is 0. The van der Waals surface area contributed by atoms with Crippen molar-refractivity contribution in [2.45, 2.75) is 32.1 Å². The number of rotatable bonds is 2. The molecule has 1 aliphatic carbocycles. The van der Waals surface area contributed by atoms with Gasteiger partial charge >= 0.3 is 0 Å². The molecule has 0 spiro atoms. The third-order valence-corrected chi connectivity index (χ3v) is 5.11. The summed E-state index contributed by atoms with van der Waals surface area (Å²) in [6.07, 6.45) is 10.4. The van der Waals surface area contributed by atoms with Gasteiger partial charge in [0.1, 0.15) is 12.2 Å². The van der Waals surface area contributed by atoms with E-state index in [9.17, 15) is 4.79 Å². The zero-order valence-electron chi connectivity index (χ0n) is 14.8. The van der Waals surface area contributed by atoms with Crippen molar-refractivity contribution in [2.24, 2.45) is 28.4 Å². The van der Waals surface area contributed by atoms with E-state index in [-0.39, 0.29) is 5.92 Å². The monoisotopic (exact) mass is 355 g/mol. The number of hydrazine groups is 1. The number of carbonyl (C=O) groups is 1. The number of aromatic nitrogens is 1. The lowest BCUT2D eigenvalue weighted by atomic mass is 9.85. The van der Waals surface area contributed by atoms with Crippen LogP contribution in [-0.2, 0) is 4.79 Å². The molecule has 8 heteroatoms. The van der Waals surface area contributed by atoms with E-state index in [1.165, 1.54) is 32.1 Å². The summed E-state index contributed by atoms with van der Waals surface area (Å²) >= 11 is 0. The van der Waals surface area contributed by atoms with E-state index in [0.29, 0.717) is 19.0 Å². The number of aliphatic imine (C=N–C) groups is 1. The fourth-order valence-electron chi connectivity index (χ4n) is 3.57. The predicted molar refractivity (Wildman–Crippen MR) is 99.4 cm³/mol. The van der Waals surface area contributed by atoms with Crippen molar-refractivity contribution in [1.29, 1.82) is 5.26 Å². The Bertz CT molecular complexity index is 733. The Kier molecular flexibility index (Phi) is 5.58. The molecule has 3 heterocycles. The number of allylic oxidation sites excluding steroid dienone is 1. The summed E-state index contributed by atoms with van der Waals surface area (Å²) in [6, 6.07) is 4.05. The van der Waals surface area contributed by atoms with Gasteiger partial charge in [-0.2, -0.15) is 5.26 Å². The van der Waals surface area contributed by atoms with Crippen molar-refractivity contribution < 1.29 is 4.79 Å². The number of nitrogens with one attached hydrogen (secondary N) is 1. The summed E-state index contributed by atoms with van der Waals surface area (Å²) in [5, 5.41) is 9.75. The van der Waals surface area contributed by atoms with Crippen LogP contribution in [0.4, 0.5) is 5.82 Å². The molecule has 0 radical (unpaired) electrons. The van der Waals surface area contributed by atoms with Crippen LogP contribution in [0.25, 0.3) is 5.70 Å². The SMILES string of the molecule is N#CC1CN(C=O)C1.N/C(=C1/c2cc[nH]c2N=CN1N)C1CCCCC1. The smallest absolute Gasteiger partial charge is 0.209 e. The van der Waals surface area contributed by atoms with E-state index >= 15 is 0 Å². The molecule has 1 saturated heterocycles. The van der Waals surface area contributed by atoms with E-state index in [1.54, 1.807) is 16.2 Å². The highest BCUT2D eigenvalue weighted by Crippen LogP contribution is 2.36. The molecule has 2 fully saturated rings. The third kappa shape index (κ3) is 3.73. The number of nitriles is 1. The highest BCUT2D eigenvalue weighted by Gasteiger charge is 2.25. The van der Waals surface area contributed by atoms with Crippen molar-refractivity contribution in [3.8, 4) is 6.07 Å². The van der Waals surface area contributed by atoms with Crippen LogP contribution < -0.4 is 11.6 Å². The molecule has 1 aromatic rings. The number of nitrogens with two attached hydrogens (primary N) is 2. The van der Waals surface area contributed by atoms with Gasteiger partial charge in [0.2, 0.25) is 6.41 Å². The van der Waals surface area contributed by atoms with Crippen molar-refractivity contribution in [3.63, 3.8) is 0 Å². The van der Waals surface area contributed by atoms with Gasteiger partial charge in [-0.1, -0.05) is 19.3 Å². The number of hydrogen-bond acceptors (Lipinski definition) is 6. The molecule has 138 valence electrons. The van der Waals surface area contributed by atoms with Gasteiger partial charge in [-0.15, -0.1) is 0 Å². The molecule has 1 saturated carbocycles. The Labute approximate surface area is 153 Å². The topological polar surface area (TPSA) is 128 Å². The van der Waals surface area contributed by atoms with Gasteiger partial charge in [0.05, 0.1) is 17.7 Å². The van der Waals surface area contributed by atoms with Crippen LogP contribution in [0, 0.1) is 23.2 Å². The number of amides is 1. The molecule has 2 aliphatic heterocycles. The van der Waals surface area contributed by atoms with E-state index in [1.807, 2.05) is 12.3 Å². The first kappa shape index (κ1) is 18.0. The Balaban J connectivity index is 0.000000206. The second-order valence-corrected chi connectivity index (χ2v) is 6.92. The number of aromatic amines is 1. The minimum atomic E-state index is 0.0974. The van der Waals surface area contributed by atoms with Gasteiger partial charge < -0.3 is 15.6 Å². The molecule has 26 heavy (non-hydrogen) atoms. The van der Waals surface area contributed by atoms with Crippen molar-refractivity contribution in [3.05, 3.63) is 23.5 Å². The van der Waals surface area contributed by atoms with Gasteiger partial charge in [0, 0.05) is 36.5 Å². The molecule has 0 atom stereocenters. The molecule has 0 unspecified atom stereocenters. The zero-order valence-corrected chi connectivity index (χ0v) is 14.8. The minimum absolute atomic E-state index is 0.0974. The lowest BCUT2D eigenvalue weighted by Crippen LogP contribution is -2.44. The number of carbonyl (C=O) groups excluding carboxylic acids is 1. The minimum Gasteiger partial charge on any atom is -0.400 e. The van der Waals surface area contributed by atoms with E-state index < -0.39 is 0 Å². The molecule has 1 aromatic heterocycles. The van der Waals surface area contributed by atoms with Gasteiger partial charge in [0.25, 0.3) is 0 Å². The number of likely N-dealkylation sites (tertiary alicyclic amines) is 1. The van der Waals surface area contributed by atoms with Gasteiger partial charge in [0.15, 0.2) is 0 Å². The first-order valence-corrected chi connectivity index (χ1v) is 8.98. The van der Waals surface area contributed by atoms with Crippen LogP contribution in [0.1, 0.15) is 37.7 Å². The largest absolute Gasteiger partial charge is 0.400 e. The zero-order chi connectivity index (χ0) is 18.5. The van der Waals surface area contributed by atoms with Crippen molar-refractivity contribution in [2.75, 3.05) is 13.1 Å².